The monoisotopic (exact) mass is 294 g/mol. The molecule has 1 amide bonds. The molecule has 1 aromatic carbocycles. The van der Waals surface area contributed by atoms with Crippen LogP contribution >= 0.6 is 0 Å². The highest BCUT2D eigenvalue weighted by molar-refractivity contribution is 5.73. The van der Waals surface area contributed by atoms with Crippen molar-refractivity contribution in [3.63, 3.8) is 0 Å². The van der Waals surface area contributed by atoms with Crippen LogP contribution in [0.4, 0.5) is 18.0 Å². The van der Waals surface area contributed by atoms with Crippen molar-refractivity contribution >= 4 is 12.1 Å². The minimum atomic E-state index is -5.08. The highest BCUT2D eigenvalue weighted by Gasteiger charge is 2.38. The third-order valence-corrected chi connectivity index (χ3v) is 1.94. The fourth-order valence-electron chi connectivity index (χ4n) is 1.02. The van der Waals surface area contributed by atoms with Gasteiger partial charge in [0.1, 0.15) is 0 Å². The molecule has 9 heteroatoms. The molecule has 0 saturated carbocycles. The van der Waals surface area contributed by atoms with Crippen molar-refractivity contribution in [2.45, 2.75) is 12.2 Å². The fraction of sp³-hybridized carbons (Fsp3) is 0.273. The number of nitrogens with one attached hydrogen (secondary N) is 1. The van der Waals surface area contributed by atoms with Crippen LogP contribution < -0.4 is 11.1 Å². The molecule has 1 rings (SSSR count). The summed E-state index contributed by atoms with van der Waals surface area (Å²) in [5.41, 5.74) is 6.64. The summed E-state index contributed by atoms with van der Waals surface area (Å²) in [6.07, 6.45) is -6.13. The first kappa shape index (κ1) is 17.7. The van der Waals surface area contributed by atoms with E-state index in [9.17, 15) is 18.0 Å². The molecule has 112 valence electrons. The Kier molecular flexibility index (Phi) is 7.08. The number of benzene rings is 1. The van der Waals surface area contributed by atoms with Gasteiger partial charge in [0.25, 0.3) is 0 Å². The number of hydrogen-bond acceptors (Lipinski definition) is 3. The summed E-state index contributed by atoms with van der Waals surface area (Å²) in [5, 5.41) is 17.7. The predicted molar refractivity (Wildman–Crippen MR) is 63.1 cm³/mol. The van der Waals surface area contributed by atoms with E-state index in [1.165, 1.54) is 0 Å². The Morgan fingerprint density at radius 2 is 1.65 bits per heavy atom. The van der Waals surface area contributed by atoms with Crippen molar-refractivity contribution in [1.29, 1.82) is 0 Å². The zero-order valence-corrected chi connectivity index (χ0v) is 10.1. The number of alkyl halides is 3. The third kappa shape index (κ3) is 7.93. The van der Waals surface area contributed by atoms with Crippen LogP contribution in [0.3, 0.4) is 0 Å². The summed E-state index contributed by atoms with van der Waals surface area (Å²) < 4.78 is 31.7. The normalized spacial score (nSPS) is 11.8. The van der Waals surface area contributed by atoms with Gasteiger partial charge >= 0.3 is 18.2 Å². The Morgan fingerprint density at radius 1 is 1.20 bits per heavy atom. The predicted octanol–water partition coefficient (Wildman–Crippen LogP) is 1.59. The van der Waals surface area contributed by atoms with Crippen LogP contribution in [0.5, 0.6) is 0 Å². The molecular weight excluding hydrogens is 281 g/mol. The molecular formula is C11H13F3N2O4. The van der Waals surface area contributed by atoms with Gasteiger partial charge in [0.05, 0.1) is 0 Å². The molecule has 0 bridgehead atoms. The van der Waals surface area contributed by atoms with Gasteiger partial charge in [0.2, 0.25) is 0 Å². The molecule has 0 spiro atoms. The van der Waals surface area contributed by atoms with Crippen molar-refractivity contribution in [2.24, 2.45) is 5.73 Å². The van der Waals surface area contributed by atoms with Gasteiger partial charge in [-0.3, -0.25) is 0 Å². The lowest BCUT2D eigenvalue weighted by Crippen LogP contribution is -2.30. The van der Waals surface area contributed by atoms with E-state index in [0.29, 0.717) is 0 Å². The summed E-state index contributed by atoms with van der Waals surface area (Å²) in [4.78, 5) is 19.1. The average Bonchev–Trinajstić information content (AvgIpc) is 2.36. The summed E-state index contributed by atoms with van der Waals surface area (Å²) in [6.45, 7) is 0.235. The minimum absolute atomic E-state index is 0.235. The SMILES string of the molecule is NC(CNC(=O)O)c1ccccc1.O=C(O)C(F)(F)F. The van der Waals surface area contributed by atoms with Crippen molar-refractivity contribution in [3.8, 4) is 0 Å². The Morgan fingerprint density at radius 3 is 2.00 bits per heavy atom. The molecule has 5 N–H and O–H groups in total. The van der Waals surface area contributed by atoms with Gasteiger partial charge in [-0.1, -0.05) is 30.3 Å². The first-order valence-electron chi connectivity index (χ1n) is 5.22. The van der Waals surface area contributed by atoms with Gasteiger partial charge in [0.15, 0.2) is 0 Å². The summed E-state index contributed by atoms with van der Waals surface area (Å²) in [6, 6.07) is 9.09. The quantitative estimate of drug-likeness (QED) is 0.676. The molecule has 0 fully saturated rings. The smallest absolute Gasteiger partial charge is 0.475 e. The molecule has 20 heavy (non-hydrogen) atoms. The Bertz CT molecular complexity index is 437. The third-order valence-electron chi connectivity index (χ3n) is 1.94. The van der Waals surface area contributed by atoms with E-state index in [1.807, 2.05) is 30.3 Å². The molecule has 0 aliphatic rings. The molecule has 0 aliphatic heterocycles. The highest BCUT2D eigenvalue weighted by Crippen LogP contribution is 2.13. The number of hydrogen-bond donors (Lipinski definition) is 4. The number of carbonyl (C=O) groups is 2. The summed E-state index contributed by atoms with van der Waals surface area (Å²) in [7, 11) is 0. The summed E-state index contributed by atoms with van der Waals surface area (Å²) >= 11 is 0. The maximum absolute atomic E-state index is 10.6. The van der Waals surface area contributed by atoms with E-state index in [-0.39, 0.29) is 12.6 Å². The number of carboxylic acids is 1. The van der Waals surface area contributed by atoms with Crippen LogP contribution in [0.2, 0.25) is 0 Å². The van der Waals surface area contributed by atoms with Gasteiger partial charge in [-0.25, -0.2) is 9.59 Å². The van der Waals surface area contributed by atoms with Crippen LogP contribution in [0.15, 0.2) is 30.3 Å². The van der Waals surface area contributed by atoms with Crippen molar-refractivity contribution in [2.75, 3.05) is 6.54 Å². The first-order valence-corrected chi connectivity index (χ1v) is 5.22. The highest BCUT2D eigenvalue weighted by atomic mass is 19.4. The second-order valence-electron chi connectivity index (χ2n) is 3.51. The zero-order valence-electron chi connectivity index (χ0n) is 10.1. The fourth-order valence-corrected chi connectivity index (χ4v) is 1.02. The van der Waals surface area contributed by atoms with E-state index < -0.39 is 18.2 Å². The van der Waals surface area contributed by atoms with Crippen LogP contribution in [0.1, 0.15) is 11.6 Å². The van der Waals surface area contributed by atoms with Crippen molar-refractivity contribution in [1.82, 2.24) is 5.32 Å². The minimum Gasteiger partial charge on any atom is -0.475 e. The lowest BCUT2D eigenvalue weighted by atomic mass is 10.1. The molecule has 0 heterocycles. The van der Waals surface area contributed by atoms with E-state index in [1.54, 1.807) is 0 Å². The second-order valence-corrected chi connectivity index (χ2v) is 3.51. The largest absolute Gasteiger partial charge is 0.490 e. The van der Waals surface area contributed by atoms with Gasteiger partial charge in [-0.05, 0) is 5.56 Å². The molecule has 0 aliphatic carbocycles. The van der Waals surface area contributed by atoms with Gasteiger partial charge < -0.3 is 21.3 Å². The average molecular weight is 294 g/mol. The molecule has 1 unspecified atom stereocenters. The Hall–Kier alpha value is -2.29. The maximum Gasteiger partial charge on any atom is 0.490 e. The molecule has 0 saturated heterocycles. The number of nitrogens with two attached hydrogens (primary N) is 1. The number of halogens is 3. The summed E-state index contributed by atoms with van der Waals surface area (Å²) in [5.74, 6) is -2.76. The van der Waals surface area contributed by atoms with Gasteiger partial charge in [0, 0.05) is 12.6 Å². The molecule has 1 atom stereocenters. The Labute approximate surface area is 112 Å². The topological polar surface area (TPSA) is 113 Å². The van der Waals surface area contributed by atoms with E-state index in [4.69, 9.17) is 20.7 Å². The van der Waals surface area contributed by atoms with Crippen molar-refractivity contribution < 1.29 is 33.0 Å². The molecule has 6 nitrogen and oxygen atoms in total. The lowest BCUT2D eigenvalue weighted by molar-refractivity contribution is -0.192. The zero-order chi connectivity index (χ0) is 15.8. The van der Waals surface area contributed by atoms with Crippen LogP contribution in [0, 0.1) is 0 Å². The molecule has 0 aromatic heterocycles. The van der Waals surface area contributed by atoms with Crippen LogP contribution in [-0.2, 0) is 4.79 Å². The maximum atomic E-state index is 10.6. The number of amides is 1. The van der Waals surface area contributed by atoms with Gasteiger partial charge in [-0.15, -0.1) is 0 Å². The van der Waals surface area contributed by atoms with Crippen molar-refractivity contribution in [3.05, 3.63) is 35.9 Å². The second kappa shape index (κ2) is 8.00. The number of aliphatic carboxylic acids is 1. The molecule has 0 radical (unpaired) electrons. The van der Waals surface area contributed by atoms with E-state index in [0.717, 1.165) is 5.56 Å². The van der Waals surface area contributed by atoms with E-state index in [2.05, 4.69) is 5.32 Å². The van der Waals surface area contributed by atoms with E-state index >= 15 is 0 Å². The number of rotatable bonds is 3. The van der Waals surface area contributed by atoms with Crippen LogP contribution in [-0.4, -0.2) is 35.0 Å². The standard InChI is InChI=1S/C9H12N2O2.C2HF3O2/c10-8(6-11-9(12)13)7-4-2-1-3-5-7;3-2(4,5)1(6)7/h1-5,8,11H,6,10H2,(H,12,13);(H,6,7). The van der Waals surface area contributed by atoms with Crippen LogP contribution in [0.25, 0.3) is 0 Å². The Balaban J connectivity index is 0.000000441. The lowest BCUT2D eigenvalue weighted by Gasteiger charge is -2.10. The van der Waals surface area contributed by atoms with Gasteiger partial charge in [-0.2, -0.15) is 13.2 Å². The number of carboxylic acid groups (broad SMARTS) is 2. The molecule has 1 aromatic rings. The first-order chi connectivity index (χ1) is 9.14.